The van der Waals surface area contributed by atoms with Gasteiger partial charge < -0.3 is 0 Å². The van der Waals surface area contributed by atoms with Gasteiger partial charge in [0.2, 0.25) is 10.0 Å². The van der Waals surface area contributed by atoms with Crippen molar-refractivity contribution < 1.29 is 8.42 Å². The Morgan fingerprint density at radius 2 is 2.15 bits per heavy atom. The van der Waals surface area contributed by atoms with Gasteiger partial charge in [-0.15, -0.1) is 0 Å². The Morgan fingerprint density at radius 3 is 2.54 bits per heavy atom. The molecule has 0 aromatic carbocycles. The zero-order chi connectivity index (χ0) is 9.90. The Labute approximate surface area is 88.5 Å². The van der Waals surface area contributed by atoms with E-state index in [1.165, 1.54) is 0 Å². The summed E-state index contributed by atoms with van der Waals surface area (Å²) in [4.78, 5) is 0. The second kappa shape index (κ2) is 4.75. The van der Waals surface area contributed by atoms with E-state index in [0.717, 1.165) is 19.3 Å². The van der Waals surface area contributed by atoms with E-state index in [1.54, 1.807) is 0 Å². The van der Waals surface area contributed by atoms with Crippen LogP contribution < -0.4 is 4.72 Å². The van der Waals surface area contributed by atoms with Crippen LogP contribution >= 0.6 is 15.9 Å². The third kappa shape index (κ3) is 4.42. The van der Waals surface area contributed by atoms with Gasteiger partial charge in [-0.1, -0.05) is 22.9 Å². The minimum absolute atomic E-state index is 0.0451. The Balaban J connectivity index is 2.39. The Kier molecular flexibility index (Phi) is 4.19. The van der Waals surface area contributed by atoms with Crippen LogP contribution in [0.5, 0.6) is 0 Å². The first kappa shape index (κ1) is 11.5. The third-order valence-corrected chi connectivity index (χ3v) is 4.56. The van der Waals surface area contributed by atoms with E-state index in [9.17, 15) is 8.42 Å². The molecule has 1 N–H and O–H groups in total. The highest BCUT2D eigenvalue weighted by atomic mass is 79.9. The second-order valence-electron chi connectivity index (χ2n) is 3.60. The first-order valence-corrected chi connectivity index (χ1v) is 7.40. The lowest BCUT2D eigenvalue weighted by molar-refractivity contribution is 0.555. The van der Waals surface area contributed by atoms with E-state index in [4.69, 9.17) is 0 Å². The van der Waals surface area contributed by atoms with E-state index in [1.807, 2.05) is 6.92 Å². The molecule has 0 aromatic heterocycles. The Hall–Kier alpha value is 0.390. The van der Waals surface area contributed by atoms with Crippen LogP contribution in [0, 0.1) is 5.92 Å². The number of sulfonamides is 1. The zero-order valence-electron chi connectivity index (χ0n) is 7.79. The van der Waals surface area contributed by atoms with Crippen LogP contribution in [0.2, 0.25) is 0 Å². The molecule has 3 nitrogen and oxygen atoms in total. The van der Waals surface area contributed by atoms with Crippen molar-refractivity contribution in [2.45, 2.75) is 32.2 Å². The number of hydrogen-bond donors (Lipinski definition) is 1. The van der Waals surface area contributed by atoms with Crippen molar-refractivity contribution in [2.75, 3.05) is 11.1 Å². The van der Waals surface area contributed by atoms with Crippen LogP contribution in [0.4, 0.5) is 0 Å². The topological polar surface area (TPSA) is 46.2 Å². The lowest BCUT2D eigenvalue weighted by Gasteiger charge is -2.13. The van der Waals surface area contributed by atoms with Crippen molar-refractivity contribution in [1.82, 2.24) is 4.72 Å². The monoisotopic (exact) mass is 269 g/mol. The van der Waals surface area contributed by atoms with Gasteiger partial charge in [-0.25, -0.2) is 13.1 Å². The fourth-order valence-corrected chi connectivity index (χ4v) is 3.76. The first-order valence-electron chi connectivity index (χ1n) is 4.63. The van der Waals surface area contributed by atoms with Gasteiger partial charge in [0.25, 0.3) is 0 Å². The van der Waals surface area contributed by atoms with Crippen molar-refractivity contribution >= 4 is 26.0 Å². The summed E-state index contributed by atoms with van der Waals surface area (Å²) < 4.78 is 25.6. The number of nitrogens with one attached hydrogen (secondary N) is 1. The highest BCUT2D eigenvalue weighted by Gasteiger charge is 2.28. The molecule has 1 atom stereocenters. The third-order valence-electron chi connectivity index (χ3n) is 2.18. The molecular formula is C8H16BrNO2S. The molecule has 1 unspecified atom stereocenters. The molecule has 0 aliphatic heterocycles. The normalized spacial score (nSPS) is 20.2. The van der Waals surface area contributed by atoms with Gasteiger partial charge in [0.1, 0.15) is 0 Å². The van der Waals surface area contributed by atoms with Crippen molar-refractivity contribution in [3.8, 4) is 0 Å². The van der Waals surface area contributed by atoms with E-state index in [-0.39, 0.29) is 6.04 Å². The summed E-state index contributed by atoms with van der Waals surface area (Å²) in [5, 5.41) is 0.688. The van der Waals surface area contributed by atoms with Gasteiger partial charge in [-0.2, -0.15) is 0 Å². The molecule has 0 saturated heterocycles. The molecule has 0 aromatic rings. The lowest BCUT2D eigenvalue weighted by Crippen LogP contribution is -2.37. The van der Waals surface area contributed by atoms with E-state index >= 15 is 0 Å². The molecule has 0 radical (unpaired) electrons. The van der Waals surface area contributed by atoms with Gasteiger partial charge in [-0.3, -0.25) is 0 Å². The second-order valence-corrected chi connectivity index (χ2v) is 6.05. The fourth-order valence-electron chi connectivity index (χ4n) is 1.12. The summed E-state index contributed by atoms with van der Waals surface area (Å²) >= 11 is 3.28. The minimum atomic E-state index is -3.02. The van der Waals surface area contributed by atoms with Crippen molar-refractivity contribution in [2.24, 2.45) is 5.92 Å². The van der Waals surface area contributed by atoms with Gasteiger partial charge in [0.15, 0.2) is 0 Å². The average molecular weight is 270 g/mol. The fraction of sp³-hybridized carbons (Fsp3) is 1.00. The van der Waals surface area contributed by atoms with E-state index in [2.05, 4.69) is 20.7 Å². The summed E-state index contributed by atoms with van der Waals surface area (Å²) in [5.74, 6) is 0.738. The zero-order valence-corrected chi connectivity index (χ0v) is 10.2. The van der Waals surface area contributed by atoms with Gasteiger partial charge >= 0.3 is 0 Å². The summed E-state index contributed by atoms with van der Waals surface area (Å²) in [6.45, 7) is 1.98. The number of rotatable bonds is 6. The van der Waals surface area contributed by atoms with Gasteiger partial charge in [0.05, 0.1) is 5.75 Å². The highest BCUT2D eigenvalue weighted by Crippen LogP contribution is 2.30. The van der Waals surface area contributed by atoms with Crippen molar-refractivity contribution in [1.29, 1.82) is 0 Å². The summed E-state index contributed by atoms with van der Waals surface area (Å²) in [5.41, 5.74) is 0. The van der Waals surface area contributed by atoms with Crippen LogP contribution in [-0.2, 0) is 10.0 Å². The Bertz CT molecular complexity index is 245. The maximum Gasteiger partial charge on any atom is 0.212 e. The van der Waals surface area contributed by atoms with E-state index < -0.39 is 10.0 Å². The van der Waals surface area contributed by atoms with Crippen LogP contribution in [0.1, 0.15) is 26.2 Å². The van der Waals surface area contributed by atoms with Crippen LogP contribution in [0.25, 0.3) is 0 Å². The molecule has 1 saturated carbocycles. The molecule has 0 amide bonds. The molecular weight excluding hydrogens is 254 g/mol. The Morgan fingerprint density at radius 1 is 1.54 bits per heavy atom. The molecule has 78 valence electrons. The molecule has 13 heavy (non-hydrogen) atoms. The number of hydrogen-bond acceptors (Lipinski definition) is 2. The quantitative estimate of drug-likeness (QED) is 0.743. The minimum Gasteiger partial charge on any atom is -0.212 e. The maximum absolute atomic E-state index is 11.5. The molecule has 1 fully saturated rings. The van der Waals surface area contributed by atoms with Crippen molar-refractivity contribution in [3.63, 3.8) is 0 Å². The molecule has 1 aliphatic rings. The summed E-state index contributed by atoms with van der Waals surface area (Å²) in [6.07, 6.45) is 2.98. The van der Waals surface area contributed by atoms with Crippen LogP contribution in [-0.4, -0.2) is 25.5 Å². The smallest absolute Gasteiger partial charge is 0.212 e. The number of halogens is 1. The predicted octanol–water partition coefficient (Wildman–Crippen LogP) is 1.49. The SMILES string of the molecule is CCC(CBr)NS(=O)(=O)CC1CC1. The number of alkyl halides is 1. The average Bonchev–Trinajstić information content (AvgIpc) is 2.83. The molecule has 5 heteroatoms. The van der Waals surface area contributed by atoms with Crippen molar-refractivity contribution in [3.05, 3.63) is 0 Å². The van der Waals surface area contributed by atoms with Crippen LogP contribution in [0.3, 0.4) is 0 Å². The maximum atomic E-state index is 11.5. The largest absolute Gasteiger partial charge is 0.212 e. The molecule has 1 rings (SSSR count). The first-order chi connectivity index (χ1) is 6.07. The molecule has 0 heterocycles. The molecule has 0 spiro atoms. The lowest BCUT2D eigenvalue weighted by atomic mass is 10.3. The van der Waals surface area contributed by atoms with Gasteiger partial charge in [-0.05, 0) is 25.2 Å². The standard InChI is InChI=1S/C8H16BrNO2S/c1-2-8(5-9)10-13(11,12)6-7-3-4-7/h7-8,10H,2-6H2,1H3. The summed E-state index contributed by atoms with van der Waals surface area (Å²) in [6, 6.07) is 0.0451. The highest BCUT2D eigenvalue weighted by molar-refractivity contribution is 9.09. The predicted molar refractivity (Wildman–Crippen MR) is 57.5 cm³/mol. The van der Waals surface area contributed by atoms with E-state index in [0.29, 0.717) is 17.0 Å². The summed E-state index contributed by atoms with van der Waals surface area (Å²) in [7, 11) is -3.02. The van der Waals surface area contributed by atoms with Gasteiger partial charge in [0, 0.05) is 11.4 Å². The molecule has 1 aliphatic carbocycles. The molecule has 0 bridgehead atoms. The van der Waals surface area contributed by atoms with Crippen LogP contribution in [0.15, 0.2) is 0 Å².